The second-order valence-corrected chi connectivity index (χ2v) is 8.47. The zero-order valence-electron chi connectivity index (χ0n) is 17.2. The van der Waals surface area contributed by atoms with Crippen molar-refractivity contribution in [2.45, 2.75) is 25.9 Å². The van der Waals surface area contributed by atoms with Crippen molar-refractivity contribution in [3.63, 3.8) is 0 Å². The van der Waals surface area contributed by atoms with Crippen LogP contribution in [-0.2, 0) is 22.7 Å². The molecule has 2 N–H and O–H groups in total. The van der Waals surface area contributed by atoms with Crippen LogP contribution < -0.4 is 21.1 Å². The lowest BCUT2D eigenvalue weighted by atomic mass is 9.98. The summed E-state index contributed by atoms with van der Waals surface area (Å²) in [5.74, 6) is -0.335. The molecule has 1 aliphatic rings. The number of benzene rings is 1. The van der Waals surface area contributed by atoms with Crippen LogP contribution >= 0.6 is 11.3 Å². The number of rotatable bonds is 6. The smallest absolute Gasteiger partial charge is 0.273 e. The van der Waals surface area contributed by atoms with Gasteiger partial charge in [-0.25, -0.2) is 4.98 Å². The first-order valence-electron chi connectivity index (χ1n) is 10.2. The molecule has 31 heavy (non-hydrogen) atoms. The molecule has 2 aromatic heterocycles. The lowest BCUT2D eigenvalue weighted by molar-refractivity contribution is -0.124. The van der Waals surface area contributed by atoms with E-state index >= 15 is 0 Å². The predicted octanol–water partition coefficient (Wildman–Crippen LogP) is 1.13. The van der Waals surface area contributed by atoms with Crippen LogP contribution in [0.3, 0.4) is 0 Å². The Morgan fingerprint density at radius 3 is 2.84 bits per heavy atom. The van der Waals surface area contributed by atoms with Crippen LogP contribution in [0.4, 0.5) is 5.13 Å². The van der Waals surface area contributed by atoms with Gasteiger partial charge in [0.1, 0.15) is 17.6 Å². The zero-order valence-corrected chi connectivity index (χ0v) is 18.0. The van der Waals surface area contributed by atoms with Crippen LogP contribution in [0.1, 0.15) is 18.4 Å². The molecule has 3 heterocycles. The Bertz CT molecular complexity index is 1140. The van der Waals surface area contributed by atoms with E-state index in [1.165, 1.54) is 22.2 Å². The second-order valence-electron chi connectivity index (χ2n) is 7.49. The molecule has 2 amide bonds. The van der Waals surface area contributed by atoms with Gasteiger partial charge in [0.05, 0.1) is 5.92 Å². The Hall–Kier alpha value is -3.27. The van der Waals surface area contributed by atoms with Crippen molar-refractivity contribution >= 4 is 38.6 Å². The number of anilines is 1. The van der Waals surface area contributed by atoms with Crippen LogP contribution in [0, 0.1) is 5.92 Å². The maximum Gasteiger partial charge on any atom is 0.273 e. The predicted molar refractivity (Wildman–Crippen MR) is 119 cm³/mol. The van der Waals surface area contributed by atoms with Crippen molar-refractivity contribution in [2.24, 2.45) is 5.92 Å². The second kappa shape index (κ2) is 9.25. The number of thiazole rings is 1. The van der Waals surface area contributed by atoms with Crippen LogP contribution in [0.25, 0.3) is 10.3 Å². The van der Waals surface area contributed by atoms with Crippen molar-refractivity contribution in [3.05, 3.63) is 52.6 Å². The minimum absolute atomic E-state index is 0.0211. The first-order valence-corrected chi connectivity index (χ1v) is 11.0. The molecule has 1 saturated heterocycles. The van der Waals surface area contributed by atoms with E-state index in [9.17, 15) is 14.4 Å². The van der Waals surface area contributed by atoms with Gasteiger partial charge in [-0.2, -0.15) is 4.98 Å². The molecule has 1 aliphatic heterocycles. The SMILES string of the molecule is CNC(=O)[C@H]1CCCN(c2nc3ncn(CC(=O)NCc4ccccc4)c(=O)c3s2)C1. The van der Waals surface area contributed by atoms with Gasteiger partial charge < -0.3 is 15.5 Å². The Balaban J connectivity index is 1.47. The Morgan fingerprint density at radius 1 is 1.26 bits per heavy atom. The number of fused-ring (bicyclic) bond motifs is 1. The number of hydrogen-bond donors (Lipinski definition) is 2. The highest BCUT2D eigenvalue weighted by Crippen LogP contribution is 2.29. The minimum atomic E-state index is -0.288. The van der Waals surface area contributed by atoms with E-state index in [1.807, 2.05) is 35.2 Å². The van der Waals surface area contributed by atoms with Crippen LogP contribution in [0.5, 0.6) is 0 Å². The lowest BCUT2D eigenvalue weighted by Gasteiger charge is -2.31. The molecule has 0 spiro atoms. The molecule has 1 fully saturated rings. The van der Waals surface area contributed by atoms with Crippen LogP contribution in [0.2, 0.25) is 0 Å². The summed E-state index contributed by atoms with van der Waals surface area (Å²) >= 11 is 1.26. The van der Waals surface area contributed by atoms with Gasteiger partial charge in [0.25, 0.3) is 5.56 Å². The van der Waals surface area contributed by atoms with Gasteiger partial charge in [0.2, 0.25) is 11.8 Å². The third-order valence-corrected chi connectivity index (χ3v) is 6.42. The quantitative estimate of drug-likeness (QED) is 0.595. The summed E-state index contributed by atoms with van der Waals surface area (Å²) in [5.41, 5.74) is 1.07. The molecule has 0 saturated carbocycles. The van der Waals surface area contributed by atoms with E-state index in [-0.39, 0.29) is 29.8 Å². The standard InChI is InChI=1S/C21H24N6O3S/c1-22-19(29)15-8-5-9-26(11-15)21-25-18-17(31-21)20(30)27(13-24-18)12-16(28)23-10-14-6-3-2-4-7-14/h2-4,6-7,13,15H,5,8-12H2,1H3,(H,22,29)(H,23,28)/t15-/m0/s1. The maximum atomic E-state index is 12.9. The third kappa shape index (κ3) is 4.74. The number of aromatic nitrogens is 3. The molecule has 0 aliphatic carbocycles. The lowest BCUT2D eigenvalue weighted by Crippen LogP contribution is -2.42. The van der Waals surface area contributed by atoms with E-state index in [0.717, 1.165) is 24.9 Å². The molecule has 0 radical (unpaired) electrons. The van der Waals surface area contributed by atoms with Gasteiger partial charge in [-0.05, 0) is 18.4 Å². The molecule has 9 nitrogen and oxygen atoms in total. The van der Waals surface area contributed by atoms with Crippen LogP contribution in [-0.4, -0.2) is 46.5 Å². The summed E-state index contributed by atoms with van der Waals surface area (Å²) in [6.07, 6.45) is 3.08. The number of carbonyl (C=O) groups is 2. The Kier molecular flexibility index (Phi) is 6.26. The average molecular weight is 441 g/mol. The van der Waals surface area contributed by atoms with Gasteiger partial charge in [-0.15, -0.1) is 0 Å². The normalized spacial score (nSPS) is 16.3. The van der Waals surface area contributed by atoms with E-state index < -0.39 is 0 Å². The van der Waals surface area contributed by atoms with Crippen molar-refractivity contribution in [1.82, 2.24) is 25.2 Å². The summed E-state index contributed by atoms with van der Waals surface area (Å²) in [6, 6.07) is 9.58. The summed E-state index contributed by atoms with van der Waals surface area (Å²) in [5, 5.41) is 6.20. The van der Waals surface area contributed by atoms with Crippen molar-refractivity contribution in [1.29, 1.82) is 0 Å². The molecule has 4 rings (SSSR count). The highest BCUT2D eigenvalue weighted by Gasteiger charge is 2.27. The third-order valence-electron chi connectivity index (χ3n) is 5.33. The van der Waals surface area contributed by atoms with E-state index in [0.29, 0.717) is 28.6 Å². The Morgan fingerprint density at radius 2 is 2.06 bits per heavy atom. The van der Waals surface area contributed by atoms with Gasteiger partial charge in [0, 0.05) is 26.7 Å². The topological polar surface area (TPSA) is 109 Å². The van der Waals surface area contributed by atoms with E-state index in [1.54, 1.807) is 7.05 Å². The molecular weight excluding hydrogens is 416 g/mol. The number of hydrogen-bond acceptors (Lipinski definition) is 7. The highest BCUT2D eigenvalue weighted by atomic mass is 32.1. The summed E-state index contributed by atoms with van der Waals surface area (Å²) < 4.78 is 1.71. The van der Waals surface area contributed by atoms with Crippen molar-refractivity contribution in [3.8, 4) is 0 Å². The molecule has 10 heteroatoms. The van der Waals surface area contributed by atoms with Gasteiger partial charge in [-0.3, -0.25) is 19.0 Å². The largest absolute Gasteiger partial charge is 0.359 e. The molecule has 162 valence electrons. The number of carbonyl (C=O) groups excluding carboxylic acids is 2. The van der Waals surface area contributed by atoms with Gasteiger partial charge in [0.15, 0.2) is 10.8 Å². The van der Waals surface area contributed by atoms with Crippen molar-refractivity contribution < 1.29 is 9.59 Å². The molecule has 0 bridgehead atoms. The van der Waals surface area contributed by atoms with Crippen LogP contribution in [0.15, 0.2) is 41.5 Å². The van der Waals surface area contributed by atoms with E-state index in [2.05, 4.69) is 20.6 Å². The monoisotopic (exact) mass is 440 g/mol. The first kappa shape index (κ1) is 21.0. The minimum Gasteiger partial charge on any atom is -0.359 e. The summed E-state index contributed by atoms with van der Waals surface area (Å²) in [6.45, 7) is 1.64. The first-order chi connectivity index (χ1) is 15.0. The fraction of sp³-hybridized carbons (Fsp3) is 0.381. The number of piperidine rings is 1. The molecule has 1 atom stereocenters. The van der Waals surface area contributed by atoms with Crippen molar-refractivity contribution in [2.75, 3.05) is 25.0 Å². The molecule has 1 aromatic carbocycles. The summed E-state index contributed by atoms with van der Waals surface area (Å²) in [7, 11) is 1.64. The fourth-order valence-electron chi connectivity index (χ4n) is 3.66. The summed E-state index contributed by atoms with van der Waals surface area (Å²) in [4.78, 5) is 48.0. The highest BCUT2D eigenvalue weighted by molar-refractivity contribution is 7.22. The average Bonchev–Trinajstić information content (AvgIpc) is 3.25. The zero-order chi connectivity index (χ0) is 21.8. The van der Waals surface area contributed by atoms with Gasteiger partial charge >= 0.3 is 0 Å². The fourth-order valence-corrected chi connectivity index (χ4v) is 4.66. The number of amides is 2. The number of nitrogens with zero attached hydrogens (tertiary/aromatic N) is 4. The molecule has 3 aromatic rings. The van der Waals surface area contributed by atoms with E-state index in [4.69, 9.17) is 0 Å². The number of nitrogens with one attached hydrogen (secondary N) is 2. The van der Waals surface area contributed by atoms with Gasteiger partial charge in [-0.1, -0.05) is 41.7 Å². The Labute approximate surface area is 183 Å². The molecular formula is C21H24N6O3S. The maximum absolute atomic E-state index is 12.9. The molecule has 0 unspecified atom stereocenters.